The molecule has 2 nitrogen and oxygen atoms in total. The summed E-state index contributed by atoms with van der Waals surface area (Å²) in [6, 6.07) is 12.3. The zero-order valence-electron chi connectivity index (χ0n) is 12.9. The molecule has 0 unspecified atom stereocenters. The van der Waals surface area contributed by atoms with Crippen LogP contribution in [-0.2, 0) is 5.41 Å². The van der Waals surface area contributed by atoms with Gasteiger partial charge < -0.3 is 9.84 Å². The molecule has 0 aromatic heterocycles. The van der Waals surface area contributed by atoms with E-state index < -0.39 is 11.9 Å². The Bertz CT molecular complexity index is 627. The highest BCUT2D eigenvalue weighted by molar-refractivity contribution is 5.41. The number of benzene rings is 2. The summed E-state index contributed by atoms with van der Waals surface area (Å²) in [6.45, 7) is 7.89. The lowest BCUT2D eigenvalue weighted by atomic mass is 9.87. The van der Waals surface area contributed by atoms with E-state index in [1.165, 1.54) is 13.0 Å². The molecule has 1 atom stereocenters. The summed E-state index contributed by atoms with van der Waals surface area (Å²) >= 11 is 0. The second kappa shape index (κ2) is 5.86. The number of ether oxygens (including phenoxy) is 1. The Morgan fingerprint density at radius 3 is 2.38 bits per heavy atom. The third kappa shape index (κ3) is 3.61. The van der Waals surface area contributed by atoms with Gasteiger partial charge in [-0.15, -0.1) is 0 Å². The maximum Gasteiger partial charge on any atom is 0.136 e. The number of hydrogen-bond donors (Lipinski definition) is 1. The van der Waals surface area contributed by atoms with E-state index in [0.29, 0.717) is 11.5 Å². The van der Waals surface area contributed by atoms with Crippen molar-refractivity contribution < 1.29 is 14.2 Å². The first kappa shape index (κ1) is 15.5. The van der Waals surface area contributed by atoms with Gasteiger partial charge in [-0.3, -0.25) is 0 Å². The standard InChI is InChI=1S/C18H21FO2/c1-12(20)17-15(19)9-6-10-16(17)21-14-8-5-7-13(11-14)18(2,3)4/h5-12,20H,1-4H3/t12-/m1/s1. The third-order valence-electron chi connectivity index (χ3n) is 3.36. The van der Waals surface area contributed by atoms with Crippen LogP contribution in [0.15, 0.2) is 42.5 Å². The van der Waals surface area contributed by atoms with Crippen molar-refractivity contribution in [2.45, 2.75) is 39.2 Å². The molecule has 1 N–H and O–H groups in total. The fourth-order valence-corrected chi connectivity index (χ4v) is 2.16. The second-order valence-electron chi connectivity index (χ2n) is 6.21. The molecule has 0 bridgehead atoms. The molecule has 2 aromatic rings. The van der Waals surface area contributed by atoms with Crippen LogP contribution in [0.5, 0.6) is 11.5 Å². The zero-order valence-corrected chi connectivity index (χ0v) is 12.9. The first-order chi connectivity index (χ1) is 9.79. The van der Waals surface area contributed by atoms with Crippen LogP contribution < -0.4 is 4.74 Å². The average Bonchev–Trinajstić information content (AvgIpc) is 2.37. The smallest absolute Gasteiger partial charge is 0.136 e. The van der Waals surface area contributed by atoms with Crippen molar-refractivity contribution in [3.8, 4) is 11.5 Å². The number of aliphatic hydroxyl groups is 1. The molecule has 0 aliphatic rings. The van der Waals surface area contributed by atoms with Gasteiger partial charge in [0.15, 0.2) is 0 Å². The maximum atomic E-state index is 13.8. The van der Waals surface area contributed by atoms with Crippen LogP contribution in [0.3, 0.4) is 0 Å². The molecule has 2 aromatic carbocycles. The van der Waals surface area contributed by atoms with Crippen LogP contribution in [0.1, 0.15) is 44.9 Å². The minimum atomic E-state index is -0.924. The molecule has 2 rings (SSSR count). The van der Waals surface area contributed by atoms with E-state index in [9.17, 15) is 9.50 Å². The highest BCUT2D eigenvalue weighted by atomic mass is 19.1. The number of hydrogen-bond acceptors (Lipinski definition) is 2. The van der Waals surface area contributed by atoms with E-state index >= 15 is 0 Å². The minimum absolute atomic E-state index is 0.00834. The van der Waals surface area contributed by atoms with Gasteiger partial charge in [-0.05, 0) is 42.2 Å². The van der Waals surface area contributed by atoms with Crippen molar-refractivity contribution in [3.05, 3.63) is 59.4 Å². The van der Waals surface area contributed by atoms with Crippen molar-refractivity contribution >= 4 is 0 Å². The van der Waals surface area contributed by atoms with Crippen molar-refractivity contribution in [2.24, 2.45) is 0 Å². The molecule has 0 radical (unpaired) electrons. The first-order valence-corrected chi connectivity index (χ1v) is 7.04. The SMILES string of the molecule is C[C@@H](O)c1c(F)cccc1Oc1cccc(C(C)(C)C)c1. The molecule has 3 heteroatoms. The zero-order chi connectivity index (χ0) is 15.6. The Labute approximate surface area is 125 Å². The molecule has 0 heterocycles. The van der Waals surface area contributed by atoms with Gasteiger partial charge >= 0.3 is 0 Å². The summed E-state index contributed by atoms with van der Waals surface area (Å²) in [5.41, 5.74) is 1.32. The Kier molecular flexibility index (Phi) is 4.33. The van der Waals surface area contributed by atoms with Gasteiger partial charge in [0.05, 0.1) is 11.7 Å². The van der Waals surface area contributed by atoms with E-state index in [2.05, 4.69) is 20.8 Å². The quantitative estimate of drug-likeness (QED) is 0.864. The number of aliphatic hydroxyl groups excluding tert-OH is 1. The van der Waals surface area contributed by atoms with Gasteiger partial charge in [-0.1, -0.05) is 39.0 Å². The molecule has 0 aliphatic heterocycles. The monoisotopic (exact) mass is 288 g/mol. The van der Waals surface area contributed by atoms with Crippen LogP contribution >= 0.6 is 0 Å². The van der Waals surface area contributed by atoms with E-state index in [1.54, 1.807) is 12.1 Å². The third-order valence-corrected chi connectivity index (χ3v) is 3.36. The van der Waals surface area contributed by atoms with E-state index in [4.69, 9.17) is 4.74 Å². The maximum absolute atomic E-state index is 13.8. The minimum Gasteiger partial charge on any atom is -0.457 e. The Balaban J connectivity index is 2.37. The van der Waals surface area contributed by atoms with Gasteiger partial charge in [0, 0.05) is 0 Å². The Morgan fingerprint density at radius 2 is 1.76 bits per heavy atom. The lowest BCUT2D eigenvalue weighted by Crippen LogP contribution is -2.10. The molecule has 0 spiro atoms. The normalized spacial score (nSPS) is 13.0. The molecule has 21 heavy (non-hydrogen) atoms. The lowest BCUT2D eigenvalue weighted by Gasteiger charge is -2.20. The summed E-state index contributed by atoms with van der Waals surface area (Å²) in [4.78, 5) is 0. The van der Waals surface area contributed by atoms with E-state index in [0.717, 1.165) is 5.56 Å². The topological polar surface area (TPSA) is 29.5 Å². The van der Waals surface area contributed by atoms with Crippen molar-refractivity contribution in [3.63, 3.8) is 0 Å². The first-order valence-electron chi connectivity index (χ1n) is 7.04. The number of rotatable bonds is 3. The Morgan fingerprint density at radius 1 is 1.10 bits per heavy atom. The van der Waals surface area contributed by atoms with Gasteiger partial charge in [-0.25, -0.2) is 4.39 Å². The van der Waals surface area contributed by atoms with Gasteiger partial charge in [0.2, 0.25) is 0 Å². The summed E-state index contributed by atoms with van der Waals surface area (Å²) in [5.74, 6) is 0.514. The summed E-state index contributed by atoms with van der Waals surface area (Å²) < 4.78 is 19.6. The highest BCUT2D eigenvalue weighted by Gasteiger charge is 2.17. The average molecular weight is 288 g/mol. The molecular formula is C18H21FO2. The second-order valence-corrected chi connectivity index (χ2v) is 6.21. The van der Waals surface area contributed by atoms with Crippen LogP contribution in [-0.4, -0.2) is 5.11 Å². The molecule has 112 valence electrons. The molecule has 0 fully saturated rings. The number of halogens is 1. The van der Waals surface area contributed by atoms with E-state index in [1.807, 2.05) is 24.3 Å². The van der Waals surface area contributed by atoms with Crippen molar-refractivity contribution in [1.29, 1.82) is 0 Å². The van der Waals surface area contributed by atoms with Crippen LogP contribution in [0.2, 0.25) is 0 Å². The highest BCUT2D eigenvalue weighted by Crippen LogP contribution is 2.33. The fourth-order valence-electron chi connectivity index (χ4n) is 2.16. The molecule has 0 saturated carbocycles. The van der Waals surface area contributed by atoms with Crippen LogP contribution in [0.4, 0.5) is 4.39 Å². The van der Waals surface area contributed by atoms with Crippen LogP contribution in [0.25, 0.3) is 0 Å². The summed E-state index contributed by atoms with van der Waals surface area (Å²) in [6.07, 6.45) is -0.924. The van der Waals surface area contributed by atoms with Gasteiger partial charge in [0.1, 0.15) is 17.3 Å². The summed E-state index contributed by atoms with van der Waals surface area (Å²) in [5, 5.41) is 9.73. The molecular weight excluding hydrogens is 267 g/mol. The Hall–Kier alpha value is -1.87. The largest absolute Gasteiger partial charge is 0.457 e. The van der Waals surface area contributed by atoms with Crippen molar-refractivity contribution in [2.75, 3.05) is 0 Å². The van der Waals surface area contributed by atoms with Gasteiger partial charge in [0.25, 0.3) is 0 Å². The lowest BCUT2D eigenvalue weighted by molar-refractivity contribution is 0.190. The predicted molar refractivity (Wildman–Crippen MR) is 82.2 cm³/mol. The summed E-state index contributed by atoms with van der Waals surface area (Å²) in [7, 11) is 0. The predicted octanol–water partition coefficient (Wildman–Crippen LogP) is 4.97. The molecule has 0 amide bonds. The van der Waals surface area contributed by atoms with Crippen LogP contribution in [0, 0.1) is 5.82 Å². The molecule has 0 aliphatic carbocycles. The molecule has 0 saturated heterocycles. The fraction of sp³-hybridized carbons (Fsp3) is 0.333. The van der Waals surface area contributed by atoms with E-state index in [-0.39, 0.29) is 11.0 Å². The van der Waals surface area contributed by atoms with Crippen molar-refractivity contribution in [1.82, 2.24) is 0 Å². The van der Waals surface area contributed by atoms with Gasteiger partial charge in [-0.2, -0.15) is 0 Å².